The van der Waals surface area contributed by atoms with Gasteiger partial charge in [0.05, 0.1) is 6.20 Å². The number of hydrogen-bond donors (Lipinski definition) is 3. The van der Waals surface area contributed by atoms with E-state index in [1.54, 1.807) is 24.7 Å². The predicted octanol–water partition coefficient (Wildman–Crippen LogP) is 0.371. The summed E-state index contributed by atoms with van der Waals surface area (Å²) in [5.74, 6) is -1.20. The number of carboxylic acids is 1. The Morgan fingerprint density at radius 3 is 2.63 bits per heavy atom. The number of carbonyl (C=O) groups is 2. The number of aromatic nitrogens is 2. The first-order valence-electron chi connectivity index (χ1n) is 6.15. The lowest BCUT2D eigenvalue weighted by molar-refractivity contribution is -0.140. The van der Waals surface area contributed by atoms with Gasteiger partial charge in [-0.1, -0.05) is 13.8 Å². The average Bonchev–Trinajstić information content (AvgIpc) is 2.71. The second-order valence-electron chi connectivity index (χ2n) is 4.73. The van der Waals surface area contributed by atoms with Gasteiger partial charge < -0.3 is 15.7 Å². The van der Waals surface area contributed by atoms with Gasteiger partial charge in [-0.3, -0.25) is 4.68 Å². The Balaban J connectivity index is 2.33. The maximum atomic E-state index is 11.6. The van der Waals surface area contributed by atoms with Gasteiger partial charge in [0, 0.05) is 19.8 Å². The second kappa shape index (κ2) is 6.77. The molecular formula is C12H20N4O3. The van der Waals surface area contributed by atoms with Crippen LogP contribution in [0.25, 0.3) is 0 Å². The molecule has 0 radical (unpaired) electrons. The highest BCUT2D eigenvalue weighted by atomic mass is 16.4. The molecule has 106 valence electrons. The number of carboxylic acid groups (broad SMARTS) is 1. The molecule has 0 unspecified atom stereocenters. The van der Waals surface area contributed by atoms with Gasteiger partial charge in [-0.05, 0) is 17.9 Å². The molecule has 0 aliphatic heterocycles. The van der Waals surface area contributed by atoms with Crippen LogP contribution in [0.4, 0.5) is 4.79 Å². The lowest BCUT2D eigenvalue weighted by Gasteiger charge is -2.18. The van der Waals surface area contributed by atoms with Crippen LogP contribution in [-0.2, 0) is 18.3 Å². The lowest BCUT2D eigenvalue weighted by atomic mass is 10.1. The molecule has 0 fully saturated rings. The molecule has 0 aliphatic carbocycles. The summed E-state index contributed by atoms with van der Waals surface area (Å²) in [4.78, 5) is 22.5. The fourth-order valence-electron chi connectivity index (χ4n) is 1.63. The van der Waals surface area contributed by atoms with Crippen molar-refractivity contribution in [3.63, 3.8) is 0 Å². The molecule has 1 rings (SSSR count). The summed E-state index contributed by atoms with van der Waals surface area (Å²) in [5.41, 5.74) is 1.02. The van der Waals surface area contributed by atoms with Gasteiger partial charge in [-0.15, -0.1) is 0 Å². The van der Waals surface area contributed by atoms with E-state index in [4.69, 9.17) is 5.11 Å². The SMILES string of the molecule is CC(C)[C@@H](NC(=O)NCCc1cnn(C)c1)C(=O)O. The van der Waals surface area contributed by atoms with Crippen LogP contribution in [0.15, 0.2) is 12.4 Å². The number of urea groups is 1. The molecule has 2 amide bonds. The molecule has 3 N–H and O–H groups in total. The first-order valence-corrected chi connectivity index (χ1v) is 6.15. The molecule has 0 saturated carbocycles. The van der Waals surface area contributed by atoms with Gasteiger partial charge >= 0.3 is 12.0 Å². The maximum absolute atomic E-state index is 11.6. The molecule has 1 heterocycles. The second-order valence-corrected chi connectivity index (χ2v) is 4.73. The highest BCUT2D eigenvalue weighted by Crippen LogP contribution is 2.01. The van der Waals surface area contributed by atoms with Gasteiger partial charge in [0.1, 0.15) is 6.04 Å². The van der Waals surface area contributed by atoms with E-state index in [-0.39, 0.29) is 5.92 Å². The van der Waals surface area contributed by atoms with Crippen LogP contribution in [0.2, 0.25) is 0 Å². The third kappa shape index (κ3) is 4.99. The van der Waals surface area contributed by atoms with E-state index in [9.17, 15) is 9.59 Å². The third-order valence-corrected chi connectivity index (χ3v) is 2.68. The van der Waals surface area contributed by atoms with Crippen molar-refractivity contribution < 1.29 is 14.7 Å². The highest BCUT2D eigenvalue weighted by molar-refractivity contribution is 5.82. The molecular weight excluding hydrogens is 248 g/mol. The number of rotatable bonds is 6. The van der Waals surface area contributed by atoms with Gasteiger partial charge in [0.2, 0.25) is 0 Å². The summed E-state index contributed by atoms with van der Waals surface area (Å²) < 4.78 is 1.69. The molecule has 0 bridgehead atoms. The first-order chi connectivity index (χ1) is 8.90. The van der Waals surface area contributed by atoms with Crippen molar-refractivity contribution in [2.45, 2.75) is 26.3 Å². The van der Waals surface area contributed by atoms with Crippen LogP contribution >= 0.6 is 0 Å². The van der Waals surface area contributed by atoms with Crippen LogP contribution < -0.4 is 10.6 Å². The molecule has 0 aliphatic rings. The number of nitrogens with one attached hydrogen (secondary N) is 2. The fourth-order valence-corrected chi connectivity index (χ4v) is 1.63. The quantitative estimate of drug-likeness (QED) is 0.694. The highest BCUT2D eigenvalue weighted by Gasteiger charge is 2.22. The summed E-state index contributed by atoms with van der Waals surface area (Å²) in [6, 6.07) is -1.34. The Bertz CT molecular complexity index is 442. The van der Waals surface area contributed by atoms with Crippen molar-refractivity contribution in [2.75, 3.05) is 6.54 Å². The van der Waals surface area contributed by atoms with Crippen LogP contribution in [0.1, 0.15) is 19.4 Å². The smallest absolute Gasteiger partial charge is 0.326 e. The molecule has 0 spiro atoms. The van der Waals surface area contributed by atoms with Gasteiger partial charge in [0.15, 0.2) is 0 Å². The van der Waals surface area contributed by atoms with Crippen LogP contribution in [0, 0.1) is 5.92 Å². The number of carbonyl (C=O) groups excluding carboxylic acids is 1. The zero-order valence-electron chi connectivity index (χ0n) is 11.4. The Morgan fingerprint density at radius 1 is 1.47 bits per heavy atom. The van der Waals surface area contributed by atoms with Crippen LogP contribution in [0.3, 0.4) is 0 Å². The summed E-state index contributed by atoms with van der Waals surface area (Å²) >= 11 is 0. The van der Waals surface area contributed by atoms with Crippen molar-refractivity contribution in [3.8, 4) is 0 Å². The van der Waals surface area contributed by atoms with E-state index in [1.807, 2.05) is 13.2 Å². The van der Waals surface area contributed by atoms with Gasteiger partial charge in [0.25, 0.3) is 0 Å². The molecule has 7 nitrogen and oxygen atoms in total. The summed E-state index contributed by atoms with van der Waals surface area (Å²) in [6.45, 7) is 3.92. The third-order valence-electron chi connectivity index (χ3n) is 2.68. The Hall–Kier alpha value is -2.05. The number of nitrogens with zero attached hydrogens (tertiary/aromatic N) is 2. The zero-order valence-corrected chi connectivity index (χ0v) is 11.4. The normalized spacial score (nSPS) is 12.2. The number of aryl methyl sites for hydroxylation is 1. The minimum atomic E-state index is -1.03. The summed E-state index contributed by atoms with van der Waals surface area (Å²) in [7, 11) is 1.82. The minimum absolute atomic E-state index is 0.165. The summed E-state index contributed by atoms with van der Waals surface area (Å²) in [6.07, 6.45) is 4.25. The van der Waals surface area contributed by atoms with Crippen molar-refractivity contribution in [1.82, 2.24) is 20.4 Å². The first kappa shape index (κ1) is 15.0. The van der Waals surface area contributed by atoms with Crippen LogP contribution in [-0.4, -0.2) is 39.5 Å². The number of amides is 2. The molecule has 1 aromatic heterocycles. The van der Waals surface area contributed by atoms with E-state index in [0.717, 1.165) is 5.56 Å². The van der Waals surface area contributed by atoms with E-state index in [1.165, 1.54) is 0 Å². The fraction of sp³-hybridized carbons (Fsp3) is 0.583. The topological polar surface area (TPSA) is 96.3 Å². The predicted molar refractivity (Wildman–Crippen MR) is 69.7 cm³/mol. The van der Waals surface area contributed by atoms with Crippen molar-refractivity contribution >= 4 is 12.0 Å². The molecule has 1 aromatic rings. The van der Waals surface area contributed by atoms with Gasteiger partial charge in [-0.25, -0.2) is 9.59 Å². The van der Waals surface area contributed by atoms with E-state index < -0.39 is 18.0 Å². The van der Waals surface area contributed by atoms with E-state index in [0.29, 0.717) is 13.0 Å². The Kier molecular flexibility index (Phi) is 5.35. The van der Waals surface area contributed by atoms with E-state index in [2.05, 4.69) is 15.7 Å². The zero-order chi connectivity index (χ0) is 14.4. The molecule has 0 saturated heterocycles. The molecule has 7 heteroatoms. The number of aliphatic carboxylic acids is 1. The number of hydrogen-bond acceptors (Lipinski definition) is 3. The minimum Gasteiger partial charge on any atom is -0.480 e. The summed E-state index contributed by atoms with van der Waals surface area (Å²) in [5, 5.41) is 18.0. The van der Waals surface area contributed by atoms with Crippen molar-refractivity contribution in [3.05, 3.63) is 18.0 Å². The van der Waals surface area contributed by atoms with Crippen molar-refractivity contribution in [1.29, 1.82) is 0 Å². The van der Waals surface area contributed by atoms with Crippen molar-refractivity contribution in [2.24, 2.45) is 13.0 Å². The van der Waals surface area contributed by atoms with Crippen LogP contribution in [0.5, 0.6) is 0 Å². The largest absolute Gasteiger partial charge is 0.480 e. The average molecular weight is 268 g/mol. The van der Waals surface area contributed by atoms with E-state index >= 15 is 0 Å². The molecule has 19 heavy (non-hydrogen) atoms. The standard InChI is InChI=1S/C12H20N4O3/c1-8(2)10(11(17)18)15-12(19)13-5-4-9-6-14-16(3)7-9/h6-8,10H,4-5H2,1-3H3,(H,17,18)(H2,13,15,19)/t10-/m1/s1. The Labute approximate surface area is 112 Å². The maximum Gasteiger partial charge on any atom is 0.326 e. The molecule has 0 aromatic carbocycles. The van der Waals surface area contributed by atoms with Gasteiger partial charge in [-0.2, -0.15) is 5.10 Å². The monoisotopic (exact) mass is 268 g/mol. The molecule has 1 atom stereocenters. The Morgan fingerprint density at radius 2 is 2.16 bits per heavy atom. The lowest BCUT2D eigenvalue weighted by Crippen LogP contribution is -2.48.